The van der Waals surface area contributed by atoms with Crippen molar-refractivity contribution in [1.82, 2.24) is 4.98 Å². The van der Waals surface area contributed by atoms with E-state index in [4.69, 9.17) is 9.72 Å². The molecule has 0 aliphatic heterocycles. The van der Waals surface area contributed by atoms with E-state index in [1.54, 1.807) is 0 Å². The standard InChI is InChI=1S/C29H29NO/c1-4-22-13-9-14-23(5-2)29(22)28-18-17-26(21(3)30-28)20-31-27-16-10-15-25(19-27)24-11-7-6-8-12-24/h6-19H,4-5,20H2,1-3H3. The molecule has 3 aromatic carbocycles. The van der Waals surface area contributed by atoms with Crippen molar-refractivity contribution in [3.05, 3.63) is 107 Å². The zero-order valence-corrected chi connectivity index (χ0v) is 18.6. The van der Waals surface area contributed by atoms with Gasteiger partial charge in [-0.25, -0.2) is 0 Å². The van der Waals surface area contributed by atoms with Crippen LogP contribution in [0.3, 0.4) is 0 Å². The van der Waals surface area contributed by atoms with Crippen LogP contribution in [0, 0.1) is 6.92 Å². The molecule has 1 aromatic heterocycles. The monoisotopic (exact) mass is 407 g/mol. The molecule has 0 spiro atoms. The molecule has 0 N–H and O–H groups in total. The van der Waals surface area contributed by atoms with E-state index < -0.39 is 0 Å². The van der Waals surface area contributed by atoms with Gasteiger partial charge in [-0.15, -0.1) is 0 Å². The third-order valence-electron chi connectivity index (χ3n) is 5.79. The molecule has 0 atom stereocenters. The molecule has 31 heavy (non-hydrogen) atoms. The second kappa shape index (κ2) is 9.61. The van der Waals surface area contributed by atoms with Crippen molar-refractivity contribution < 1.29 is 4.74 Å². The maximum absolute atomic E-state index is 6.13. The Morgan fingerprint density at radius 3 is 2.03 bits per heavy atom. The maximum atomic E-state index is 6.13. The van der Waals surface area contributed by atoms with E-state index in [0.717, 1.165) is 41.1 Å². The minimum Gasteiger partial charge on any atom is -0.489 e. The first-order valence-electron chi connectivity index (χ1n) is 11.1. The van der Waals surface area contributed by atoms with Crippen LogP contribution in [0.25, 0.3) is 22.4 Å². The molecule has 2 nitrogen and oxygen atoms in total. The first-order valence-corrected chi connectivity index (χ1v) is 11.1. The molecule has 0 amide bonds. The van der Waals surface area contributed by atoms with Gasteiger partial charge < -0.3 is 4.74 Å². The zero-order valence-electron chi connectivity index (χ0n) is 18.6. The number of benzene rings is 3. The predicted molar refractivity (Wildman–Crippen MR) is 129 cm³/mol. The van der Waals surface area contributed by atoms with Crippen molar-refractivity contribution in [3.63, 3.8) is 0 Å². The van der Waals surface area contributed by atoms with Gasteiger partial charge in [0, 0.05) is 16.8 Å². The molecule has 0 fully saturated rings. The number of pyridine rings is 1. The highest BCUT2D eigenvalue weighted by molar-refractivity contribution is 5.68. The third kappa shape index (κ3) is 4.69. The van der Waals surface area contributed by atoms with Crippen LogP contribution in [0.5, 0.6) is 5.75 Å². The van der Waals surface area contributed by atoms with Crippen LogP contribution in [-0.4, -0.2) is 4.98 Å². The fourth-order valence-corrected chi connectivity index (χ4v) is 4.01. The van der Waals surface area contributed by atoms with Crippen LogP contribution in [0.4, 0.5) is 0 Å². The fourth-order valence-electron chi connectivity index (χ4n) is 4.01. The largest absolute Gasteiger partial charge is 0.489 e. The van der Waals surface area contributed by atoms with Gasteiger partial charge in [0.05, 0.1) is 5.69 Å². The molecular formula is C29H29NO. The van der Waals surface area contributed by atoms with Crippen molar-refractivity contribution in [2.24, 2.45) is 0 Å². The first kappa shape index (κ1) is 20.9. The number of hydrogen-bond donors (Lipinski definition) is 0. The molecule has 1 heterocycles. The molecule has 0 aliphatic rings. The van der Waals surface area contributed by atoms with E-state index in [0.29, 0.717) is 6.61 Å². The number of nitrogens with zero attached hydrogens (tertiary/aromatic N) is 1. The fraction of sp³-hybridized carbons (Fsp3) is 0.207. The number of rotatable bonds is 7. The van der Waals surface area contributed by atoms with Crippen LogP contribution in [0.1, 0.15) is 36.2 Å². The molecule has 0 unspecified atom stereocenters. The molecule has 0 aliphatic carbocycles. The average molecular weight is 408 g/mol. The smallest absolute Gasteiger partial charge is 0.120 e. The molecule has 0 bridgehead atoms. The summed E-state index contributed by atoms with van der Waals surface area (Å²) in [5.41, 5.74) is 9.54. The van der Waals surface area contributed by atoms with Gasteiger partial charge in [-0.2, -0.15) is 0 Å². The van der Waals surface area contributed by atoms with Crippen LogP contribution < -0.4 is 4.74 Å². The van der Waals surface area contributed by atoms with E-state index >= 15 is 0 Å². The molecule has 0 saturated heterocycles. The van der Waals surface area contributed by atoms with Gasteiger partial charge in [-0.1, -0.05) is 80.6 Å². The Balaban J connectivity index is 1.54. The van der Waals surface area contributed by atoms with Gasteiger partial charge in [0.2, 0.25) is 0 Å². The second-order valence-corrected chi connectivity index (χ2v) is 7.78. The summed E-state index contributed by atoms with van der Waals surface area (Å²) < 4.78 is 6.13. The Bertz CT molecular complexity index is 1140. The van der Waals surface area contributed by atoms with Crippen LogP contribution in [0.15, 0.2) is 84.9 Å². The van der Waals surface area contributed by atoms with Crippen molar-refractivity contribution in [2.45, 2.75) is 40.2 Å². The minimum atomic E-state index is 0.507. The lowest BCUT2D eigenvalue weighted by atomic mass is 9.94. The highest BCUT2D eigenvalue weighted by atomic mass is 16.5. The van der Waals surface area contributed by atoms with Crippen LogP contribution in [-0.2, 0) is 19.4 Å². The summed E-state index contributed by atoms with van der Waals surface area (Å²) in [6, 6.07) is 29.5. The third-order valence-corrected chi connectivity index (χ3v) is 5.79. The second-order valence-electron chi connectivity index (χ2n) is 7.78. The molecule has 156 valence electrons. The maximum Gasteiger partial charge on any atom is 0.120 e. The van der Waals surface area contributed by atoms with Crippen LogP contribution in [0.2, 0.25) is 0 Å². The van der Waals surface area contributed by atoms with E-state index in [2.05, 4.69) is 87.5 Å². The molecule has 0 radical (unpaired) electrons. The van der Waals surface area contributed by atoms with Gasteiger partial charge in [0.25, 0.3) is 0 Å². The Kier molecular flexibility index (Phi) is 6.47. The summed E-state index contributed by atoms with van der Waals surface area (Å²) in [6.07, 6.45) is 2.01. The summed E-state index contributed by atoms with van der Waals surface area (Å²) in [5, 5.41) is 0. The first-order chi connectivity index (χ1) is 15.2. The Labute approximate surface area is 185 Å². The van der Waals surface area contributed by atoms with E-state index in [-0.39, 0.29) is 0 Å². The highest BCUT2D eigenvalue weighted by Gasteiger charge is 2.12. The van der Waals surface area contributed by atoms with E-state index in [9.17, 15) is 0 Å². The van der Waals surface area contributed by atoms with E-state index in [1.807, 2.05) is 18.2 Å². The van der Waals surface area contributed by atoms with Crippen molar-refractivity contribution in [3.8, 4) is 28.1 Å². The number of aryl methyl sites for hydroxylation is 3. The van der Waals surface area contributed by atoms with Gasteiger partial charge in [-0.3, -0.25) is 4.98 Å². The average Bonchev–Trinajstić information content (AvgIpc) is 2.83. The molecule has 4 rings (SSSR count). The molecular weight excluding hydrogens is 378 g/mol. The lowest BCUT2D eigenvalue weighted by Crippen LogP contribution is -2.02. The number of aromatic nitrogens is 1. The predicted octanol–water partition coefficient (Wildman–Crippen LogP) is 7.43. The topological polar surface area (TPSA) is 22.1 Å². The summed E-state index contributed by atoms with van der Waals surface area (Å²) >= 11 is 0. The van der Waals surface area contributed by atoms with Gasteiger partial charge in [0.15, 0.2) is 0 Å². The zero-order chi connectivity index (χ0) is 21.6. The van der Waals surface area contributed by atoms with Gasteiger partial charge in [0.1, 0.15) is 12.4 Å². The van der Waals surface area contributed by atoms with E-state index in [1.165, 1.54) is 22.3 Å². The summed E-state index contributed by atoms with van der Waals surface area (Å²) in [6.45, 7) is 6.99. The minimum absolute atomic E-state index is 0.507. The molecule has 2 heteroatoms. The van der Waals surface area contributed by atoms with Crippen molar-refractivity contribution in [1.29, 1.82) is 0 Å². The van der Waals surface area contributed by atoms with Crippen molar-refractivity contribution in [2.75, 3.05) is 0 Å². The van der Waals surface area contributed by atoms with Crippen molar-refractivity contribution >= 4 is 0 Å². The lowest BCUT2D eigenvalue weighted by molar-refractivity contribution is 0.305. The number of hydrogen-bond acceptors (Lipinski definition) is 2. The summed E-state index contributed by atoms with van der Waals surface area (Å²) in [5.74, 6) is 0.870. The molecule has 4 aromatic rings. The highest BCUT2D eigenvalue weighted by Crippen LogP contribution is 2.29. The number of ether oxygens (including phenoxy) is 1. The summed E-state index contributed by atoms with van der Waals surface area (Å²) in [4.78, 5) is 4.96. The Hall–Kier alpha value is -3.39. The van der Waals surface area contributed by atoms with Crippen LogP contribution >= 0.6 is 0 Å². The Morgan fingerprint density at radius 1 is 0.677 bits per heavy atom. The Morgan fingerprint density at radius 2 is 1.35 bits per heavy atom. The SMILES string of the molecule is CCc1cccc(CC)c1-c1ccc(COc2cccc(-c3ccccc3)c2)c(C)n1. The van der Waals surface area contributed by atoms with Gasteiger partial charge >= 0.3 is 0 Å². The van der Waals surface area contributed by atoms with Gasteiger partial charge in [-0.05, 0) is 60.2 Å². The molecule has 0 saturated carbocycles. The quantitative estimate of drug-likeness (QED) is 0.318. The normalized spacial score (nSPS) is 10.8. The lowest BCUT2D eigenvalue weighted by Gasteiger charge is -2.15. The summed E-state index contributed by atoms with van der Waals surface area (Å²) in [7, 11) is 0.